The van der Waals surface area contributed by atoms with Gasteiger partial charge in [0.05, 0.1) is 6.61 Å². The number of carbonyl (C=O) groups excluding carboxylic acids is 1. The number of benzene rings is 1. The van der Waals surface area contributed by atoms with Crippen molar-refractivity contribution in [1.82, 2.24) is 0 Å². The van der Waals surface area contributed by atoms with Crippen molar-refractivity contribution in [2.24, 2.45) is 0 Å². The Kier molecular flexibility index (Phi) is 8.83. The van der Waals surface area contributed by atoms with Gasteiger partial charge in [-0.1, -0.05) is 49.8 Å². The largest absolute Gasteiger partial charge is 0.464 e. The summed E-state index contributed by atoms with van der Waals surface area (Å²) in [6.07, 6.45) is 5.56. The fourth-order valence-electron chi connectivity index (χ4n) is 2.01. The SMILES string of the molecule is CCCCCCC#C[C@@H](Nc1ccc(C)cc1)C(=O)OCC. The lowest BCUT2D eigenvalue weighted by Crippen LogP contribution is -2.30. The van der Waals surface area contributed by atoms with Gasteiger partial charge in [-0.15, -0.1) is 5.92 Å². The first-order valence-electron chi connectivity index (χ1n) is 8.15. The predicted molar refractivity (Wildman–Crippen MR) is 91.8 cm³/mol. The molecule has 0 amide bonds. The highest BCUT2D eigenvalue weighted by Crippen LogP contribution is 2.10. The quantitative estimate of drug-likeness (QED) is 0.442. The van der Waals surface area contributed by atoms with E-state index < -0.39 is 6.04 Å². The number of rotatable bonds is 8. The molecule has 0 saturated carbocycles. The van der Waals surface area contributed by atoms with Gasteiger partial charge in [-0.25, -0.2) is 4.79 Å². The Balaban J connectivity index is 2.61. The highest BCUT2D eigenvalue weighted by molar-refractivity contribution is 5.83. The minimum atomic E-state index is -0.603. The van der Waals surface area contributed by atoms with Gasteiger partial charge in [0.25, 0.3) is 0 Å². The lowest BCUT2D eigenvalue weighted by molar-refractivity contribution is -0.142. The molecule has 0 fully saturated rings. The van der Waals surface area contributed by atoms with Gasteiger partial charge in [0.2, 0.25) is 0 Å². The van der Waals surface area contributed by atoms with Crippen LogP contribution in [0.1, 0.15) is 51.5 Å². The lowest BCUT2D eigenvalue weighted by Gasteiger charge is -2.13. The van der Waals surface area contributed by atoms with E-state index in [1.807, 2.05) is 31.2 Å². The van der Waals surface area contributed by atoms with Crippen LogP contribution in [0.3, 0.4) is 0 Å². The van der Waals surface area contributed by atoms with E-state index in [1.54, 1.807) is 6.92 Å². The molecule has 0 aliphatic carbocycles. The van der Waals surface area contributed by atoms with Crippen LogP contribution < -0.4 is 5.32 Å². The lowest BCUT2D eigenvalue weighted by atomic mass is 10.1. The maximum absolute atomic E-state index is 12.0. The standard InChI is InChI=1S/C19H27NO2/c1-4-6-7-8-9-10-11-18(19(21)22-5-2)20-17-14-12-16(3)13-15-17/h12-15,18,20H,4-9H2,1-3H3/t18-/m1/s1. The second-order valence-corrected chi connectivity index (χ2v) is 5.33. The van der Waals surface area contributed by atoms with E-state index in [9.17, 15) is 4.79 Å². The zero-order valence-corrected chi connectivity index (χ0v) is 13.9. The molecule has 0 unspecified atom stereocenters. The fraction of sp³-hybridized carbons (Fsp3) is 0.526. The van der Waals surface area contributed by atoms with Crippen LogP contribution in [0.15, 0.2) is 24.3 Å². The van der Waals surface area contributed by atoms with Gasteiger partial charge in [0.1, 0.15) is 0 Å². The normalized spacial score (nSPS) is 11.2. The molecule has 0 aliphatic heterocycles. The van der Waals surface area contributed by atoms with Crippen molar-refractivity contribution < 1.29 is 9.53 Å². The van der Waals surface area contributed by atoms with Crippen LogP contribution in [-0.2, 0) is 9.53 Å². The average molecular weight is 301 g/mol. The summed E-state index contributed by atoms with van der Waals surface area (Å²) < 4.78 is 5.09. The first-order valence-corrected chi connectivity index (χ1v) is 8.15. The Morgan fingerprint density at radius 3 is 2.55 bits per heavy atom. The molecule has 1 aromatic rings. The molecule has 0 bridgehead atoms. The molecule has 1 atom stereocenters. The number of nitrogens with one attached hydrogen (secondary N) is 1. The van der Waals surface area contributed by atoms with Gasteiger partial charge >= 0.3 is 5.97 Å². The number of carbonyl (C=O) groups is 1. The molecular formula is C19H27NO2. The summed E-state index contributed by atoms with van der Waals surface area (Å²) in [4.78, 5) is 12.0. The second kappa shape index (κ2) is 10.7. The molecule has 3 nitrogen and oxygen atoms in total. The van der Waals surface area contributed by atoms with Crippen molar-refractivity contribution in [3.8, 4) is 11.8 Å². The molecule has 0 heterocycles. The second-order valence-electron chi connectivity index (χ2n) is 5.33. The monoisotopic (exact) mass is 301 g/mol. The molecule has 1 rings (SSSR count). The minimum Gasteiger partial charge on any atom is -0.464 e. The van der Waals surface area contributed by atoms with Gasteiger partial charge in [-0.2, -0.15) is 0 Å². The Morgan fingerprint density at radius 1 is 1.18 bits per heavy atom. The summed E-state index contributed by atoms with van der Waals surface area (Å²) in [6.45, 7) is 6.39. The third kappa shape index (κ3) is 7.17. The predicted octanol–water partition coefficient (Wildman–Crippen LogP) is 4.31. The fourth-order valence-corrected chi connectivity index (χ4v) is 2.01. The van der Waals surface area contributed by atoms with Crippen LogP contribution >= 0.6 is 0 Å². The molecule has 1 aromatic carbocycles. The maximum Gasteiger partial charge on any atom is 0.341 e. The van der Waals surface area contributed by atoms with E-state index in [-0.39, 0.29) is 5.97 Å². The Hall–Kier alpha value is -1.95. The van der Waals surface area contributed by atoms with Crippen molar-refractivity contribution in [1.29, 1.82) is 0 Å². The third-order valence-electron chi connectivity index (χ3n) is 3.29. The van der Waals surface area contributed by atoms with E-state index in [4.69, 9.17) is 4.74 Å². The zero-order valence-electron chi connectivity index (χ0n) is 13.9. The summed E-state index contributed by atoms with van der Waals surface area (Å²) in [5.41, 5.74) is 2.06. The molecule has 1 N–H and O–H groups in total. The number of anilines is 1. The molecule has 0 aliphatic rings. The van der Waals surface area contributed by atoms with Crippen LogP contribution in [0.4, 0.5) is 5.69 Å². The number of hydrogen-bond acceptors (Lipinski definition) is 3. The number of unbranched alkanes of at least 4 members (excludes halogenated alkanes) is 4. The maximum atomic E-state index is 12.0. The van der Waals surface area contributed by atoms with Gasteiger partial charge in [0, 0.05) is 12.1 Å². The van der Waals surface area contributed by atoms with Crippen molar-refractivity contribution in [3.05, 3.63) is 29.8 Å². The molecule has 0 radical (unpaired) electrons. The molecular weight excluding hydrogens is 274 g/mol. The first-order chi connectivity index (χ1) is 10.7. The Bertz CT molecular complexity index is 496. The van der Waals surface area contributed by atoms with Crippen LogP contribution in [0, 0.1) is 18.8 Å². The molecule has 120 valence electrons. The van der Waals surface area contributed by atoms with Crippen molar-refractivity contribution in [2.75, 3.05) is 11.9 Å². The highest BCUT2D eigenvalue weighted by Gasteiger charge is 2.16. The van der Waals surface area contributed by atoms with E-state index in [1.165, 1.54) is 24.8 Å². The van der Waals surface area contributed by atoms with Crippen LogP contribution in [0.25, 0.3) is 0 Å². The zero-order chi connectivity index (χ0) is 16.2. The number of hydrogen-bond donors (Lipinski definition) is 1. The van der Waals surface area contributed by atoms with Gasteiger partial charge in [0.15, 0.2) is 6.04 Å². The number of aryl methyl sites for hydroxylation is 1. The molecule has 0 saturated heterocycles. The smallest absolute Gasteiger partial charge is 0.341 e. The molecule has 0 spiro atoms. The van der Waals surface area contributed by atoms with Gasteiger partial charge in [-0.3, -0.25) is 0 Å². The highest BCUT2D eigenvalue weighted by atomic mass is 16.5. The third-order valence-corrected chi connectivity index (χ3v) is 3.29. The van der Waals surface area contributed by atoms with E-state index >= 15 is 0 Å². The summed E-state index contributed by atoms with van der Waals surface area (Å²) in [5.74, 6) is 5.80. The summed E-state index contributed by atoms with van der Waals surface area (Å²) >= 11 is 0. The van der Waals surface area contributed by atoms with Crippen molar-refractivity contribution in [2.45, 2.75) is 58.9 Å². The van der Waals surface area contributed by atoms with Crippen molar-refractivity contribution >= 4 is 11.7 Å². The van der Waals surface area contributed by atoms with E-state index in [0.29, 0.717) is 6.61 Å². The summed E-state index contributed by atoms with van der Waals surface area (Å²) in [6, 6.07) is 7.30. The topological polar surface area (TPSA) is 38.3 Å². The Morgan fingerprint density at radius 2 is 1.91 bits per heavy atom. The van der Waals surface area contributed by atoms with Gasteiger partial charge in [-0.05, 0) is 32.4 Å². The van der Waals surface area contributed by atoms with Crippen LogP contribution in [0.2, 0.25) is 0 Å². The van der Waals surface area contributed by atoms with Gasteiger partial charge < -0.3 is 10.1 Å². The average Bonchev–Trinajstić information content (AvgIpc) is 2.51. The van der Waals surface area contributed by atoms with Crippen molar-refractivity contribution in [3.63, 3.8) is 0 Å². The molecule has 22 heavy (non-hydrogen) atoms. The summed E-state index contributed by atoms with van der Waals surface area (Å²) in [5, 5.41) is 3.14. The van der Waals surface area contributed by atoms with E-state index in [0.717, 1.165) is 18.5 Å². The minimum absolute atomic E-state index is 0.316. The Labute approximate surface area is 134 Å². The van der Waals surface area contributed by atoms with E-state index in [2.05, 4.69) is 24.1 Å². The first kappa shape index (κ1) is 18.1. The summed E-state index contributed by atoms with van der Waals surface area (Å²) in [7, 11) is 0. The van der Waals surface area contributed by atoms with Crippen LogP contribution in [0.5, 0.6) is 0 Å². The number of esters is 1. The van der Waals surface area contributed by atoms with Crippen LogP contribution in [-0.4, -0.2) is 18.6 Å². The number of ether oxygens (including phenoxy) is 1. The molecule has 0 aromatic heterocycles. The molecule has 3 heteroatoms.